The highest BCUT2D eigenvalue weighted by Gasteiger charge is 2.17. The second-order valence-electron chi connectivity index (χ2n) is 6.66. The standard InChI is InChI=1S/C22H20N4O/c1-16-7-9-19(13-18(16)10-8-17-5-4-11-23-14-17)22(27)25-20-15-24-26-12-3-2-6-21(20)26/h4-5,7,9,11,13-15H,2-3,6,12H2,1H3,(H,25,27). The molecule has 0 saturated carbocycles. The van der Waals surface area contributed by atoms with Gasteiger partial charge in [-0.1, -0.05) is 17.9 Å². The van der Waals surface area contributed by atoms with Crippen molar-refractivity contribution in [2.24, 2.45) is 0 Å². The van der Waals surface area contributed by atoms with Crippen molar-refractivity contribution < 1.29 is 4.79 Å². The Labute approximate surface area is 158 Å². The number of fused-ring (bicyclic) bond motifs is 1. The summed E-state index contributed by atoms with van der Waals surface area (Å²) in [6.07, 6.45) is 8.41. The van der Waals surface area contributed by atoms with Crippen molar-refractivity contribution in [3.8, 4) is 11.8 Å². The third kappa shape index (κ3) is 3.75. The summed E-state index contributed by atoms with van der Waals surface area (Å²) in [4.78, 5) is 16.8. The van der Waals surface area contributed by atoms with Crippen molar-refractivity contribution in [3.63, 3.8) is 0 Å². The van der Waals surface area contributed by atoms with E-state index in [0.29, 0.717) is 5.56 Å². The minimum atomic E-state index is -0.138. The molecule has 134 valence electrons. The number of carbonyl (C=O) groups is 1. The summed E-state index contributed by atoms with van der Waals surface area (Å²) in [6, 6.07) is 9.36. The van der Waals surface area contributed by atoms with Gasteiger partial charge in [-0.15, -0.1) is 0 Å². The van der Waals surface area contributed by atoms with E-state index in [9.17, 15) is 4.79 Å². The summed E-state index contributed by atoms with van der Waals surface area (Å²) in [6.45, 7) is 2.91. The molecule has 1 aliphatic rings. The van der Waals surface area contributed by atoms with Crippen LogP contribution in [0.1, 0.15) is 45.6 Å². The number of nitrogens with zero attached hydrogens (tertiary/aromatic N) is 3. The van der Waals surface area contributed by atoms with Crippen molar-refractivity contribution >= 4 is 11.6 Å². The van der Waals surface area contributed by atoms with Crippen LogP contribution in [-0.4, -0.2) is 20.7 Å². The monoisotopic (exact) mass is 356 g/mol. The molecule has 0 fully saturated rings. The summed E-state index contributed by atoms with van der Waals surface area (Å²) in [7, 11) is 0. The first-order valence-corrected chi connectivity index (χ1v) is 9.09. The molecule has 0 saturated heterocycles. The van der Waals surface area contributed by atoms with Crippen molar-refractivity contribution in [2.75, 3.05) is 5.32 Å². The number of aromatic nitrogens is 3. The van der Waals surface area contributed by atoms with Gasteiger partial charge in [-0.2, -0.15) is 5.10 Å². The number of carbonyl (C=O) groups excluding carboxylic acids is 1. The minimum absolute atomic E-state index is 0.138. The molecule has 27 heavy (non-hydrogen) atoms. The molecular formula is C22H20N4O. The van der Waals surface area contributed by atoms with Crippen LogP contribution in [0.15, 0.2) is 48.9 Å². The van der Waals surface area contributed by atoms with Crippen LogP contribution >= 0.6 is 0 Å². The molecule has 0 spiro atoms. The number of nitrogens with one attached hydrogen (secondary N) is 1. The molecule has 3 heterocycles. The SMILES string of the molecule is Cc1ccc(C(=O)Nc2cnn3c2CCCC3)cc1C#Cc1cccnc1. The first kappa shape index (κ1) is 17.0. The highest BCUT2D eigenvalue weighted by Crippen LogP contribution is 2.23. The molecule has 3 aromatic rings. The number of amides is 1. The lowest BCUT2D eigenvalue weighted by atomic mass is 10.0. The Morgan fingerprint density at radius 3 is 2.96 bits per heavy atom. The summed E-state index contributed by atoms with van der Waals surface area (Å²) in [5, 5.41) is 7.38. The lowest BCUT2D eigenvalue weighted by Crippen LogP contribution is -2.16. The zero-order valence-electron chi connectivity index (χ0n) is 15.2. The van der Waals surface area contributed by atoms with Gasteiger partial charge in [0.25, 0.3) is 5.91 Å². The number of anilines is 1. The van der Waals surface area contributed by atoms with Gasteiger partial charge in [0.1, 0.15) is 0 Å². The van der Waals surface area contributed by atoms with E-state index in [0.717, 1.165) is 53.9 Å². The Morgan fingerprint density at radius 1 is 1.19 bits per heavy atom. The fourth-order valence-electron chi connectivity index (χ4n) is 3.19. The van der Waals surface area contributed by atoms with Gasteiger partial charge < -0.3 is 5.32 Å². The van der Waals surface area contributed by atoms with E-state index in [2.05, 4.69) is 27.2 Å². The topological polar surface area (TPSA) is 59.8 Å². The predicted molar refractivity (Wildman–Crippen MR) is 105 cm³/mol. The Hall–Kier alpha value is -3.39. The lowest BCUT2D eigenvalue weighted by molar-refractivity contribution is 0.102. The molecule has 4 rings (SSSR count). The molecule has 2 aromatic heterocycles. The zero-order valence-corrected chi connectivity index (χ0v) is 15.2. The van der Waals surface area contributed by atoms with E-state index in [4.69, 9.17) is 0 Å². The van der Waals surface area contributed by atoms with Crippen LogP contribution in [0.4, 0.5) is 5.69 Å². The van der Waals surface area contributed by atoms with Gasteiger partial charge in [-0.3, -0.25) is 14.5 Å². The first-order chi connectivity index (χ1) is 13.2. The molecule has 1 aliphatic heterocycles. The average molecular weight is 356 g/mol. The van der Waals surface area contributed by atoms with Gasteiger partial charge in [0.05, 0.1) is 17.6 Å². The van der Waals surface area contributed by atoms with Gasteiger partial charge in [0, 0.05) is 35.6 Å². The predicted octanol–water partition coefficient (Wildman–Crippen LogP) is 3.57. The number of rotatable bonds is 2. The minimum Gasteiger partial charge on any atom is -0.319 e. The maximum absolute atomic E-state index is 12.7. The Kier molecular flexibility index (Phi) is 4.71. The molecule has 5 nitrogen and oxygen atoms in total. The van der Waals surface area contributed by atoms with Crippen LogP contribution in [0.25, 0.3) is 0 Å². The number of aryl methyl sites for hydroxylation is 2. The zero-order chi connectivity index (χ0) is 18.6. The third-order valence-corrected chi connectivity index (χ3v) is 4.73. The molecule has 5 heteroatoms. The van der Waals surface area contributed by atoms with Crippen molar-refractivity contribution in [1.82, 2.24) is 14.8 Å². The second-order valence-corrected chi connectivity index (χ2v) is 6.66. The maximum Gasteiger partial charge on any atom is 0.255 e. The largest absolute Gasteiger partial charge is 0.319 e. The maximum atomic E-state index is 12.7. The van der Waals surface area contributed by atoms with Crippen LogP contribution < -0.4 is 5.32 Å². The fraction of sp³-hybridized carbons (Fsp3) is 0.227. The van der Waals surface area contributed by atoms with Crippen molar-refractivity contribution in [3.05, 3.63) is 76.9 Å². The summed E-state index contributed by atoms with van der Waals surface area (Å²) >= 11 is 0. The van der Waals surface area contributed by atoms with Crippen LogP contribution in [0.3, 0.4) is 0 Å². The Bertz CT molecular complexity index is 1040. The molecule has 0 radical (unpaired) electrons. The van der Waals surface area contributed by atoms with E-state index in [1.165, 1.54) is 0 Å². The summed E-state index contributed by atoms with van der Waals surface area (Å²) in [5.41, 5.74) is 5.22. The number of hydrogen-bond donors (Lipinski definition) is 1. The molecular weight excluding hydrogens is 336 g/mol. The molecule has 1 amide bonds. The molecule has 0 unspecified atom stereocenters. The first-order valence-electron chi connectivity index (χ1n) is 9.09. The Morgan fingerprint density at radius 2 is 2.11 bits per heavy atom. The number of benzene rings is 1. The molecule has 0 aliphatic carbocycles. The van der Waals surface area contributed by atoms with Crippen LogP contribution in [-0.2, 0) is 13.0 Å². The van der Waals surface area contributed by atoms with Crippen molar-refractivity contribution in [2.45, 2.75) is 32.7 Å². The van der Waals surface area contributed by atoms with Crippen LogP contribution in [0.5, 0.6) is 0 Å². The van der Waals surface area contributed by atoms with E-state index in [-0.39, 0.29) is 5.91 Å². The van der Waals surface area contributed by atoms with Crippen LogP contribution in [0, 0.1) is 18.8 Å². The van der Waals surface area contributed by atoms with Gasteiger partial charge in [0.15, 0.2) is 0 Å². The van der Waals surface area contributed by atoms with Gasteiger partial charge >= 0.3 is 0 Å². The van der Waals surface area contributed by atoms with E-state index in [1.807, 2.05) is 41.9 Å². The van der Waals surface area contributed by atoms with E-state index in [1.54, 1.807) is 18.6 Å². The normalized spacial score (nSPS) is 12.6. The molecule has 1 N–H and O–H groups in total. The summed E-state index contributed by atoms with van der Waals surface area (Å²) in [5.74, 6) is 6.11. The van der Waals surface area contributed by atoms with E-state index >= 15 is 0 Å². The van der Waals surface area contributed by atoms with Crippen LogP contribution in [0.2, 0.25) is 0 Å². The molecule has 0 bridgehead atoms. The van der Waals surface area contributed by atoms with Gasteiger partial charge in [0.2, 0.25) is 0 Å². The number of pyridine rings is 1. The fourth-order valence-corrected chi connectivity index (χ4v) is 3.19. The molecule has 1 aromatic carbocycles. The lowest BCUT2D eigenvalue weighted by Gasteiger charge is -2.15. The Balaban J connectivity index is 1.56. The second kappa shape index (κ2) is 7.46. The number of hydrogen-bond acceptors (Lipinski definition) is 3. The van der Waals surface area contributed by atoms with Gasteiger partial charge in [-0.05, 0) is 56.0 Å². The van der Waals surface area contributed by atoms with Gasteiger partial charge in [-0.25, -0.2) is 0 Å². The molecule has 0 atom stereocenters. The van der Waals surface area contributed by atoms with E-state index < -0.39 is 0 Å². The highest BCUT2D eigenvalue weighted by molar-refractivity contribution is 6.04. The average Bonchev–Trinajstić information content (AvgIpc) is 3.11. The highest BCUT2D eigenvalue weighted by atomic mass is 16.1. The quantitative estimate of drug-likeness (QED) is 0.714. The van der Waals surface area contributed by atoms with Crippen molar-refractivity contribution in [1.29, 1.82) is 0 Å². The summed E-state index contributed by atoms with van der Waals surface area (Å²) < 4.78 is 1.99. The third-order valence-electron chi connectivity index (χ3n) is 4.73. The smallest absolute Gasteiger partial charge is 0.255 e.